The van der Waals surface area contributed by atoms with Crippen LogP contribution in [0.2, 0.25) is 0 Å². The van der Waals surface area contributed by atoms with E-state index in [2.05, 4.69) is 4.90 Å². The minimum absolute atomic E-state index is 0.0144. The van der Waals surface area contributed by atoms with Crippen LogP contribution in [0.25, 0.3) is 0 Å². The highest BCUT2D eigenvalue weighted by Gasteiger charge is 2.28. The van der Waals surface area contributed by atoms with Crippen molar-refractivity contribution in [1.82, 2.24) is 4.90 Å². The third-order valence-corrected chi connectivity index (χ3v) is 7.07. The fourth-order valence-corrected chi connectivity index (χ4v) is 5.49. The molecule has 4 nitrogen and oxygen atoms in total. The van der Waals surface area contributed by atoms with Crippen molar-refractivity contribution in [2.75, 3.05) is 32.8 Å². The van der Waals surface area contributed by atoms with Gasteiger partial charge in [0, 0.05) is 13.1 Å². The lowest BCUT2D eigenvalue weighted by Gasteiger charge is -2.34. The van der Waals surface area contributed by atoms with Crippen LogP contribution in [0.4, 0.5) is 0 Å². The molecule has 2 aliphatic carbocycles. The first-order valence-corrected chi connectivity index (χ1v) is 11.7. The van der Waals surface area contributed by atoms with E-state index in [0.29, 0.717) is 12.7 Å². The zero-order valence-electron chi connectivity index (χ0n) is 17.5. The molecular weight excluding hydrogens is 338 g/mol. The molecule has 4 heteroatoms. The number of hydrogen-bond acceptors (Lipinski definition) is 4. The van der Waals surface area contributed by atoms with Crippen LogP contribution in [0.1, 0.15) is 84.0 Å². The number of ether oxygens (including phenoxy) is 2. The number of hydrogen-bond donors (Lipinski definition) is 0. The van der Waals surface area contributed by atoms with E-state index >= 15 is 0 Å². The summed E-state index contributed by atoms with van der Waals surface area (Å²) in [6, 6.07) is 0. The number of esters is 1. The van der Waals surface area contributed by atoms with Crippen LogP contribution < -0.4 is 0 Å². The maximum absolute atomic E-state index is 12.0. The Bertz CT molecular complexity index is 427. The van der Waals surface area contributed by atoms with Gasteiger partial charge in [-0.1, -0.05) is 32.1 Å². The van der Waals surface area contributed by atoms with E-state index in [9.17, 15) is 4.79 Å². The molecule has 1 saturated heterocycles. The molecule has 0 N–H and O–H groups in total. The van der Waals surface area contributed by atoms with Crippen LogP contribution in [-0.2, 0) is 14.3 Å². The zero-order valence-corrected chi connectivity index (χ0v) is 17.5. The van der Waals surface area contributed by atoms with Crippen molar-refractivity contribution in [3.05, 3.63) is 0 Å². The van der Waals surface area contributed by atoms with Gasteiger partial charge >= 0.3 is 5.97 Å². The number of nitrogens with zero attached hydrogens (tertiary/aromatic N) is 1. The smallest absolute Gasteiger partial charge is 0.310 e. The van der Waals surface area contributed by atoms with Gasteiger partial charge in [0.15, 0.2) is 0 Å². The number of rotatable bonds is 8. The van der Waals surface area contributed by atoms with Crippen LogP contribution in [-0.4, -0.2) is 49.8 Å². The minimum Gasteiger partial charge on any atom is -0.466 e. The van der Waals surface area contributed by atoms with Crippen molar-refractivity contribution < 1.29 is 14.3 Å². The Hall–Kier alpha value is -0.610. The highest BCUT2D eigenvalue weighted by Crippen LogP contribution is 2.35. The van der Waals surface area contributed by atoms with E-state index in [0.717, 1.165) is 50.9 Å². The van der Waals surface area contributed by atoms with Crippen LogP contribution in [0, 0.1) is 17.8 Å². The number of carbonyl (C=O) groups is 1. The topological polar surface area (TPSA) is 38.8 Å². The molecule has 0 aromatic heterocycles. The average Bonchev–Trinajstić information content (AvgIpc) is 2.71. The highest BCUT2D eigenvalue weighted by atomic mass is 16.5. The van der Waals surface area contributed by atoms with Crippen LogP contribution >= 0.6 is 0 Å². The molecule has 27 heavy (non-hydrogen) atoms. The zero-order chi connectivity index (χ0) is 18.9. The van der Waals surface area contributed by atoms with E-state index < -0.39 is 0 Å². The predicted octanol–water partition coefficient (Wildman–Crippen LogP) is 4.81. The molecule has 3 rings (SSSR count). The Balaban J connectivity index is 1.27. The highest BCUT2D eigenvalue weighted by molar-refractivity contribution is 5.72. The second-order valence-electron chi connectivity index (χ2n) is 9.15. The quantitative estimate of drug-likeness (QED) is 0.568. The van der Waals surface area contributed by atoms with Crippen molar-refractivity contribution >= 4 is 5.97 Å². The van der Waals surface area contributed by atoms with Crippen molar-refractivity contribution in [2.45, 2.75) is 90.1 Å². The number of piperidine rings is 1. The number of likely N-dealkylation sites (tertiary alicyclic amines) is 1. The first-order chi connectivity index (χ1) is 13.2. The van der Waals surface area contributed by atoms with Gasteiger partial charge in [-0.05, 0) is 70.3 Å². The van der Waals surface area contributed by atoms with Gasteiger partial charge in [0.1, 0.15) is 0 Å². The molecule has 1 atom stereocenters. The Morgan fingerprint density at radius 1 is 0.926 bits per heavy atom. The normalized spacial score (nSPS) is 30.9. The van der Waals surface area contributed by atoms with Crippen molar-refractivity contribution in [2.24, 2.45) is 17.8 Å². The van der Waals surface area contributed by atoms with Gasteiger partial charge in [0.05, 0.1) is 25.2 Å². The van der Waals surface area contributed by atoms with E-state index in [-0.39, 0.29) is 11.9 Å². The number of carbonyl (C=O) groups excluding carboxylic acids is 1. The van der Waals surface area contributed by atoms with Gasteiger partial charge in [-0.2, -0.15) is 0 Å². The van der Waals surface area contributed by atoms with Gasteiger partial charge in [-0.3, -0.25) is 4.79 Å². The van der Waals surface area contributed by atoms with Crippen molar-refractivity contribution in [1.29, 1.82) is 0 Å². The molecule has 3 aliphatic rings. The average molecular weight is 380 g/mol. The summed E-state index contributed by atoms with van der Waals surface area (Å²) >= 11 is 0. The predicted molar refractivity (Wildman–Crippen MR) is 109 cm³/mol. The Kier molecular flexibility index (Phi) is 8.92. The third kappa shape index (κ3) is 7.05. The largest absolute Gasteiger partial charge is 0.466 e. The van der Waals surface area contributed by atoms with E-state index in [1.165, 1.54) is 64.2 Å². The summed E-state index contributed by atoms with van der Waals surface area (Å²) in [6.07, 6.45) is 16.6. The fraction of sp³-hybridized carbons (Fsp3) is 0.957. The molecule has 0 spiro atoms. The van der Waals surface area contributed by atoms with Crippen LogP contribution in [0.15, 0.2) is 0 Å². The molecule has 0 radical (unpaired) electrons. The summed E-state index contributed by atoms with van der Waals surface area (Å²) in [4.78, 5) is 14.3. The summed E-state index contributed by atoms with van der Waals surface area (Å²) in [6.45, 7) is 6.08. The first-order valence-electron chi connectivity index (χ1n) is 11.7. The second kappa shape index (κ2) is 11.4. The van der Waals surface area contributed by atoms with Gasteiger partial charge in [0.25, 0.3) is 0 Å². The van der Waals surface area contributed by atoms with Gasteiger partial charge in [-0.15, -0.1) is 0 Å². The van der Waals surface area contributed by atoms with E-state index in [1.807, 2.05) is 6.92 Å². The van der Waals surface area contributed by atoms with E-state index in [1.54, 1.807) is 0 Å². The summed E-state index contributed by atoms with van der Waals surface area (Å²) in [7, 11) is 0. The monoisotopic (exact) mass is 379 g/mol. The molecule has 3 fully saturated rings. The maximum Gasteiger partial charge on any atom is 0.310 e. The van der Waals surface area contributed by atoms with Gasteiger partial charge in [0.2, 0.25) is 0 Å². The lowest BCUT2D eigenvalue weighted by Crippen LogP contribution is -2.41. The molecule has 0 aromatic carbocycles. The third-order valence-electron chi connectivity index (χ3n) is 7.07. The molecule has 1 heterocycles. The first kappa shape index (κ1) is 21.1. The Morgan fingerprint density at radius 3 is 2.41 bits per heavy atom. The molecule has 1 aliphatic heterocycles. The molecule has 0 aromatic rings. The lowest BCUT2D eigenvalue weighted by atomic mass is 9.77. The van der Waals surface area contributed by atoms with Crippen LogP contribution in [0.3, 0.4) is 0 Å². The second-order valence-corrected chi connectivity index (χ2v) is 9.15. The standard InChI is InChI=1S/C23H41NO3/c1-2-26-23(25)21-9-6-14-24(18-21)15-16-27-22-12-10-20(11-13-22)17-19-7-4-3-5-8-19/h19-22H,2-18H2,1H3. The Morgan fingerprint density at radius 2 is 1.67 bits per heavy atom. The summed E-state index contributed by atoms with van der Waals surface area (Å²) in [5, 5.41) is 0. The molecule has 1 unspecified atom stereocenters. The summed E-state index contributed by atoms with van der Waals surface area (Å²) in [5.41, 5.74) is 0. The van der Waals surface area contributed by atoms with Crippen molar-refractivity contribution in [3.8, 4) is 0 Å². The van der Waals surface area contributed by atoms with Gasteiger partial charge < -0.3 is 14.4 Å². The van der Waals surface area contributed by atoms with Crippen LogP contribution in [0.5, 0.6) is 0 Å². The molecule has 0 bridgehead atoms. The Labute approximate surface area is 166 Å². The maximum atomic E-state index is 12.0. The molecule has 2 saturated carbocycles. The fourth-order valence-electron chi connectivity index (χ4n) is 5.49. The lowest BCUT2D eigenvalue weighted by molar-refractivity contribution is -0.150. The van der Waals surface area contributed by atoms with Crippen molar-refractivity contribution in [3.63, 3.8) is 0 Å². The SMILES string of the molecule is CCOC(=O)C1CCCN(CCOC2CCC(CC3CCCCC3)CC2)C1. The molecular formula is C23H41NO3. The van der Waals surface area contributed by atoms with E-state index in [4.69, 9.17) is 9.47 Å². The molecule has 0 amide bonds. The van der Waals surface area contributed by atoms with Gasteiger partial charge in [-0.25, -0.2) is 0 Å². The molecule has 156 valence electrons. The minimum atomic E-state index is -0.0144. The summed E-state index contributed by atoms with van der Waals surface area (Å²) in [5.74, 6) is 2.03. The summed E-state index contributed by atoms with van der Waals surface area (Å²) < 4.78 is 11.4.